The molecule has 9 nitrogen and oxygen atoms in total. The molecule has 1 saturated heterocycles. The zero-order chi connectivity index (χ0) is 22.3. The third kappa shape index (κ3) is 3.88. The van der Waals surface area contributed by atoms with Crippen LogP contribution in [0.15, 0.2) is 36.5 Å². The summed E-state index contributed by atoms with van der Waals surface area (Å²) in [5, 5.41) is 19.6. The number of halogens is 3. The number of hydrogen-bond donors (Lipinski definition) is 1. The number of amides is 1. The van der Waals surface area contributed by atoms with Crippen LogP contribution >= 0.6 is 0 Å². The maximum atomic E-state index is 13.1. The molecule has 0 radical (unpaired) electrons. The lowest BCUT2D eigenvalue weighted by Crippen LogP contribution is -2.35. The average Bonchev–Trinajstić information content (AvgIpc) is 3.16. The van der Waals surface area contributed by atoms with Crippen LogP contribution in [-0.4, -0.2) is 38.5 Å². The number of primary amides is 1. The second-order valence-corrected chi connectivity index (χ2v) is 7.31. The molecule has 3 heterocycles. The molecule has 0 aliphatic carbocycles. The molecule has 1 aromatic carbocycles. The van der Waals surface area contributed by atoms with Crippen molar-refractivity contribution >= 4 is 22.9 Å². The van der Waals surface area contributed by atoms with Gasteiger partial charge in [-0.1, -0.05) is 0 Å². The molecular weight excluding hydrogens is 417 g/mol. The third-order valence-corrected chi connectivity index (χ3v) is 5.34. The van der Waals surface area contributed by atoms with Gasteiger partial charge in [0, 0.05) is 36.8 Å². The number of anilines is 1. The standard InChI is InChI=1S/C19H17F3N6O3/c20-19(21,22)13-4-6-16-24-25-18(27(16)10-13)12-2-1-7-26(9-12)14-5-3-11(17(23)29)8-15(14)28(30)31/h3-6,8,10,12H,1-2,7,9H2,(H2,23,29)/t12-/m1/s1. The molecule has 1 aliphatic heterocycles. The van der Waals surface area contributed by atoms with Gasteiger partial charge in [0.1, 0.15) is 11.5 Å². The lowest BCUT2D eigenvalue weighted by molar-refractivity contribution is -0.384. The molecule has 31 heavy (non-hydrogen) atoms. The van der Waals surface area contributed by atoms with Crippen molar-refractivity contribution in [2.45, 2.75) is 24.9 Å². The normalized spacial score (nSPS) is 17.1. The van der Waals surface area contributed by atoms with Gasteiger partial charge in [0.05, 0.1) is 10.5 Å². The second-order valence-electron chi connectivity index (χ2n) is 7.31. The Morgan fingerprint density at radius 2 is 2.00 bits per heavy atom. The molecule has 1 aliphatic rings. The van der Waals surface area contributed by atoms with E-state index in [4.69, 9.17) is 5.73 Å². The van der Waals surface area contributed by atoms with Gasteiger partial charge in [-0.2, -0.15) is 13.2 Å². The van der Waals surface area contributed by atoms with Gasteiger partial charge in [-0.3, -0.25) is 19.3 Å². The first-order chi connectivity index (χ1) is 14.6. The third-order valence-electron chi connectivity index (χ3n) is 5.34. The number of benzene rings is 1. The number of carbonyl (C=O) groups excluding carboxylic acids is 1. The highest BCUT2D eigenvalue weighted by molar-refractivity contribution is 5.94. The van der Waals surface area contributed by atoms with E-state index >= 15 is 0 Å². The minimum Gasteiger partial charge on any atom is -0.366 e. The summed E-state index contributed by atoms with van der Waals surface area (Å²) in [6.07, 6.45) is -2.25. The van der Waals surface area contributed by atoms with Gasteiger partial charge < -0.3 is 10.6 Å². The van der Waals surface area contributed by atoms with Crippen molar-refractivity contribution in [2.24, 2.45) is 5.73 Å². The summed E-state index contributed by atoms with van der Waals surface area (Å²) in [5.41, 5.74) is 4.76. The minimum absolute atomic E-state index is 0.0205. The fourth-order valence-electron chi connectivity index (χ4n) is 3.85. The molecule has 12 heteroatoms. The molecule has 1 atom stereocenters. The first-order valence-corrected chi connectivity index (χ1v) is 9.40. The van der Waals surface area contributed by atoms with Crippen molar-refractivity contribution in [3.63, 3.8) is 0 Å². The van der Waals surface area contributed by atoms with E-state index < -0.39 is 22.6 Å². The van der Waals surface area contributed by atoms with Crippen LogP contribution in [0.1, 0.15) is 40.5 Å². The average molecular weight is 434 g/mol. The maximum absolute atomic E-state index is 13.1. The van der Waals surface area contributed by atoms with Gasteiger partial charge in [-0.15, -0.1) is 10.2 Å². The fraction of sp³-hybridized carbons (Fsp3) is 0.316. The Labute approximate surface area is 173 Å². The molecule has 4 rings (SSSR count). The second kappa shape index (κ2) is 7.52. The highest BCUT2D eigenvalue weighted by atomic mass is 19.4. The van der Waals surface area contributed by atoms with Crippen LogP contribution in [-0.2, 0) is 6.18 Å². The van der Waals surface area contributed by atoms with E-state index in [1.54, 1.807) is 4.90 Å². The highest BCUT2D eigenvalue weighted by Gasteiger charge is 2.33. The Hall–Kier alpha value is -3.70. The van der Waals surface area contributed by atoms with E-state index in [9.17, 15) is 28.1 Å². The monoisotopic (exact) mass is 434 g/mol. The largest absolute Gasteiger partial charge is 0.417 e. The Bertz CT molecular complexity index is 1180. The Morgan fingerprint density at radius 1 is 1.23 bits per heavy atom. The smallest absolute Gasteiger partial charge is 0.366 e. The quantitative estimate of drug-likeness (QED) is 0.498. The summed E-state index contributed by atoms with van der Waals surface area (Å²) in [5.74, 6) is -0.702. The summed E-state index contributed by atoms with van der Waals surface area (Å²) in [7, 11) is 0. The van der Waals surface area contributed by atoms with Gasteiger partial charge in [0.2, 0.25) is 5.91 Å². The number of nitrogens with zero attached hydrogens (tertiary/aromatic N) is 5. The SMILES string of the molecule is NC(=O)c1ccc(N2CCC[C@@H](c3nnc4ccc(C(F)(F)F)cn34)C2)c([N+](=O)[O-])c1. The summed E-state index contributed by atoms with van der Waals surface area (Å²) in [4.78, 5) is 24.1. The molecule has 0 saturated carbocycles. The van der Waals surface area contributed by atoms with Crippen LogP contribution in [0.25, 0.3) is 5.65 Å². The number of nitrogens with two attached hydrogens (primary N) is 1. The topological polar surface area (TPSA) is 120 Å². The van der Waals surface area contributed by atoms with Crippen LogP contribution in [0.2, 0.25) is 0 Å². The number of hydrogen-bond acceptors (Lipinski definition) is 6. The number of aromatic nitrogens is 3. The van der Waals surface area contributed by atoms with E-state index in [1.807, 2.05) is 0 Å². The molecule has 0 bridgehead atoms. The Kier molecular flexibility index (Phi) is 4.99. The molecule has 162 valence electrons. The summed E-state index contributed by atoms with van der Waals surface area (Å²) >= 11 is 0. The van der Waals surface area contributed by atoms with Crippen molar-refractivity contribution in [1.82, 2.24) is 14.6 Å². The van der Waals surface area contributed by atoms with Crippen LogP contribution in [0.3, 0.4) is 0 Å². The summed E-state index contributed by atoms with van der Waals surface area (Å²) in [6.45, 7) is 0.811. The van der Waals surface area contributed by atoms with Crippen molar-refractivity contribution in [2.75, 3.05) is 18.0 Å². The van der Waals surface area contributed by atoms with E-state index in [0.29, 0.717) is 37.4 Å². The minimum atomic E-state index is -4.50. The number of alkyl halides is 3. The molecule has 2 aromatic heterocycles. The summed E-state index contributed by atoms with van der Waals surface area (Å²) in [6, 6.07) is 6.21. The molecule has 2 N–H and O–H groups in total. The highest BCUT2D eigenvalue weighted by Crippen LogP contribution is 2.36. The number of piperidine rings is 1. The molecule has 0 spiro atoms. The van der Waals surface area contributed by atoms with Crippen LogP contribution < -0.4 is 10.6 Å². The van der Waals surface area contributed by atoms with E-state index in [0.717, 1.165) is 18.3 Å². The number of pyridine rings is 1. The van der Waals surface area contributed by atoms with Crippen molar-refractivity contribution in [1.29, 1.82) is 0 Å². The number of nitro groups is 1. The first-order valence-electron chi connectivity index (χ1n) is 9.40. The fourth-order valence-corrected chi connectivity index (χ4v) is 3.85. The van der Waals surface area contributed by atoms with Crippen molar-refractivity contribution in [3.05, 3.63) is 63.6 Å². The van der Waals surface area contributed by atoms with E-state index in [2.05, 4.69) is 10.2 Å². The maximum Gasteiger partial charge on any atom is 0.417 e. The van der Waals surface area contributed by atoms with Crippen LogP contribution in [0, 0.1) is 10.1 Å². The zero-order valence-electron chi connectivity index (χ0n) is 16.0. The van der Waals surface area contributed by atoms with Gasteiger partial charge in [0.15, 0.2) is 5.65 Å². The Morgan fingerprint density at radius 3 is 2.68 bits per heavy atom. The van der Waals surface area contributed by atoms with Gasteiger partial charge >= 0.3 is 6.18 Å². The van der Waals surface area contributed by atoms with E-state index in [-0.39, 0.29) is 22.8 Å². The van der Waals surface area contributed by atoms with Crippen LogP contribution in [0.4, 0.5) is 24.5 Å². The molecule has 1 amide bonds. The molecule has 1 fully saturated rings. The zero-order valence-corrected chi connectivity index (χ0v) is 16.0. The molecule has 3 aromatic rings. The van der Waals surface area contributed by atoms with Gasteiger partial charge in [-0.25, -0.2) is 0 Å². The number of nitro benzene ring substituents is 1. The van der Waals surface area contributed by atoms with E-state index in [1.165, 1.54) is 22.6 Å². The van der Waals surface area contributed by atoms with Crippen molar-refractivity contribution < 1.29 is 22.9 Å². The van der Waals surface area contributed by atoms with Gasteiger partial charge in [0.25, 0.3) is 5.69 Å². The van der Waals surface area contributed by atoms with Gasteiger partial charge in [-0.05, 0) is 37.1 Å². The van der Waals surface area contributed by atoms with Crippen molar-refractivity contribution in [3.8, 4) is 0 Å². The first kappa shape index (κ1) is 20.6. The number of fused-ring (bicyclic) bond motifs is 1. The Balaban J connectivity index is 1.69. The predicted octanol–water partition coefficient (Wildman–Crippen LogP) is 3.14. The number of carbonyl (C=O) groups is 1. The van der Waals surface area contributed by atoms with Crippen LogP contribution in [0.5, 0.6) is 0 Å². The lowest BCUT2D eigenvalue weighted by Gasteiger charge is -2.33. The molecular formula is C19H17F3N6O3. The molecule has 0 unspecified atom stereocenters. The number of rotatable bonds is 4. The summed E-state index contributed by atoms with van der Waals surface area (Å²) < 4.78 is 40.7. The predicted molar refractivity (Wildman–Crippen MR) is 104 cm³/mol. The lowest BCUT2D eigenvalue weighted by atomic mass is 9.96.